The zero-order valence-electron chi connectivity index (χ0n) is 14.8. The van der Waals surface area contributed by atoms with Gasteiger partial charge in [0.05, 0.1) is 4.92 Å². The molecule has 29 heavy (non-hydrogen) atoms. The highest BCUT2D eigenvalue weighted by molar-refractivity contribution is 5.95. The highest BCUT2D eigenvalue weighted by Crippen LogP contribution is 2.16. The lowest BCUT2D eigenvalue weighted by molar-refractivity contribution is -0.384. The summed E-state index contributed by atoms with van der Waals surface area (Å²) in [4.78, 5) is 38.1. The summed E-state index contributed by atoms with van der Waals surface area (Å²) >= 11 is 0. The number of amides is 2. The molecule has 3 aromatic rings. The summed E-state index contributed by atoms with van der Waals surface area (Å²) in [6.07, 6.45) is 0. The topological polar surface area (TPSA) is 140 Å². The Bertz CT molecular complexity index is 1050. The molecule has 0 radical (unpaired) electrons. The fourth-order valence-electron chi connectivity index (χ4n) is 2.32. The van der Waals surface area contributed by atoms with E-state index in [1.807, 2.05) is 0 Å². The summed E-state index contributed by atoms with van der Waals surface area (Å²) in [5.41, 5.74) is 0.420. The molecule has 0 bridgehead atoms. The first-order valence-corrected chi connectivity index (χ1v) is 8.34. The summed E-state index contributed by atoms with van der Waals surface area (Å²) in [5, 5.41) is 19.4. The molecule has 2 N–H and O–H groups in total. The summed E-state index contributed by atoms with van der Waals surface area (Å²) in [5.74, 6) is -1.72. The van der Waals surface area contributed by atoms with Crippen LogP contribution in [0.15, 0.2) is 53.1 Å². The molecule has 148 valence electrons. The van der Waals surface area contributed by atoms with Gasteiger partial charge in [-0.15, -0.1) is 0 Å². The molecule has 2 amide bonds. The SMILES string of the molecule is O=C(NCCNC(=O)c1nc(-c2ccc(F)cc2)no1)c1cccc([N+](=O)[O-])c1. The third kappa shape index (κ3) is 4.97. The van der Waals surface area contributed by atoms with Crippen LogP contribution in [0.3, 0.4) is 0 Å². The van der Waals surface area contributed by atoms with Gasteiger partial charge in [0.2, 0.25) is 5.82 Å². The number of nitro benzene ring substituents is 1. The van der Waals surface area contributed by atoms with E-state index in [-0.39, 0.29) is 36.1 Å². The number of nitro groups is 1. The van der Waals surface area contributed by atoms with Crippen molar-refractivity contribution < 1.29 is 23.4 Å². The molecule has 1 heterocycles. The van der Waals surface area contributed by atoms with Gasteiger partial charge in [-0.2, -0.15) is 4.98 Å². The molecule has 3 rings (SSSR count). The van der Waals surface area contributed by atoms with Crippen molar-refractivity contribution in [1.29, 1.82) is 0 Å². The van der Waals surface area contributed by atoms with E-state index in [0.717, 1.165) is 6.07 Å². The van der Waals surface area contributed by atoms with Crippen molar-refractivity contribution >= 4 is 17.5 Å². The zero-order valence-corrected chi connectivity index (χ0v) is 14.8. The first kappa shape index (κ1) is 19.6. The van der Waals surface area contributed by atoms with Crippen LogP contribution in [-0.2, 0) is 0 Å². The molecular weight excluding hydrogens is 385 g/mol. The van der Waals surface area contributed by atoms with Crippen LogP contribution in [0.1, 0.15) is 21.0 Å². The minimum Gasteiger partial charge on any atom is -0.350 e. The van der Waals surface area contributed by atoms with Gasteiger partial charge in [0.25, 0.3) is 11.6 Å². The van der Waals surface area contributed by atoms with Crippen LogP contribution >= 0.6 is 0 Å². The molecule has 0 aliphatic carbocycles. The molecule has 0 saturated carbocycles. The van der Waals surface area contributed by atoms with Crippen LogP contribution in [-0.4, -0.2) is 40.0 Å². The van der Waals surface area contributed by atoms with Crippen LogP contribution in [0.25, 0.3) is 11.4 Å². The third-order valence-electron chi connectivity index (χ3n) is 3.74. The predicted octanol–water partition coefficient (Wildman–Crippen LogP) is 1.94. The van der Waals surface area contributed by atoms with Crippen LogP contribution in [0, 0.1) is 15.9 Å². The molecule has 0 atom stereocenters. The normalized spacial score (nSPS) is 10.4. The number of aromatic nitrogens is 2. The molecule has 11 heteroatoms. The molecule has 0 saturated heterocycles. The van der Waals surface area contributed by atoms with Gasteiger partial charge in [-0.25, -0.2) is 4.39 Å². The smallest absolute Gasteiger partial charge is 0.316 e. The van der Waals surface area contributed by atoms with Crippen LogP contribution in [0.5, 0.6) is 0 Å². The first-order chi connectivity index (χ1) is 13.9. The molecule has 0 unspecified atom stereocenters. The van der Waals surface area contributed by atoms with E-state index in [9.17, 15) is 24.1 Å². The molecule has 0 aliphatic heterocycles. The summed E-state index contributed by atoms with van der Waals surface area (Å²) in [6.45, 7) is 0.139. The maximum Gasteiger partial charge on any atom is 0.316 e. The van der Waals surface area contributed by atoms with Gasteiger partial charge in [0.1, 0.15) is 5.82 Å². The van der Waals surface area contributed by atoms with Gasteiger partial charge in [0.15, 0.2) is 0 Å². The van der Waals surface area contributed by atoms with Crippen molar-refractivity contribution in [1.82, 2.24) is 20.8 Å². The molecular formula is C18H14FN5O5. The van der Waals surface area contributed by atoms with E-state index in [2.05, 4.69) is 20.8 Å². The van der Waals surface area contributed by atoms with E-state index in [4.69, 9.17) is 4.52 Å². The van der Waals surface area contributed by atoms with Crippen LogP contribution in [0.4, 0.5) is 10.1 Å². The van der Waals surface area contributed by atoms with E-state index >= 15 is 0 Å². The molecule has 0 fully saturated rings. The number of rotatable bonds is 7. The Hall–Kier alpha value is -4.15. The largest absolute Gasteiger partial charge is 0.350 e. The Balaban J connectivity index is 1.49. The minimum atomic E-state index is -0.643. The standard InChI is InChI=1S/C18H14FN5O5/c19-13-6-4-11(5-7-13)15-22-18(29-23-15)17(26)21-9-8-20-16(25)12-2-1-3-14(10-12)24(27)28/h1-7,10H,8-9H2,(H,20,25)(H,21,26). The number of hydrogen-bond acceptors (Lipinski definition) is 7. The number of halogens is 1. The van der Waals surface area contributed by atoms with E-state index in [1.165, 1.54) is 42.5 Å². The van der Waals surface area contributed by atoms with Crippen LogP contribution in [0.2, 0.25) is 0 Å². The van der Waals surface area contributed by atoms with Gasteiger partial charge in [-0.1, -0.05) is 11.2 Å². The van der Waals surface area contributed by atoms with Crippen molar-refractivity contribution in [3.63, 3.8) is 0 Å². The molecule has 2 aromatic carbocycles. The number of benzene rings is 2. The number of carbonyl (C=O) groups is 2. The maximum absolute atomic E-state index is 12.9. The van der Waals surface area contributed by atoms with Crippen molar-refractivity contribution in [3.05, 3.63) is 75.9 Å². The average Bonchev–Trinajstić information content (AvgIpc) is 3.22. The quantitative estimate of drug-likeness (QED) is 0.351. The van der Waals surface area contributed by atoms with Crippen molar-refractivity contribution in [2.24, 2.45) is 0 Å². The Morgan fingerprint density at radius 3 is 2.45 bits per heavy atom. The fraction of sp³-hybridized carbons (Fsp3) is 0.111. The van der Waals surface area contributed by atoms with Crippen molar-refractivity contribution in [3.8, 4) is 11.4 Å². The maximum atomic E-state index is 12.9. The highest BCUT2D eigenvalue weighted by Gasteiger charge is 2.16. The van der Waals surface area contributed by atoms with E-state index in [0.29, 0.717) is 5.56 Å². The molecule has 1 aromatic heterocycles. The summed E-state index contributed by atoms with van der Waals surface area (Å²) in [7, 11) is 0. The number of carbonyl (C=O) groups excluding carboxylic acids is 2. The van der Waals surface area contributed by atoms with Crippen molar-refractivity contribution in [2.75, 3.05) is 13.1 Å². The predicted molar refractivity (Wildman–Crippen MR) is 97.5 cm³/mol. The summed E-state index contributed by atoms with van der Waals surface area (Å²) in [6, 6.07) is 10.6. The lowest BCUT2D eigenvalue weighted by Crippen LogP contribution is -2.34. The lowest BCUT2D eigenvalue weighted by Gasteiger charge is -2.05. The van der Waals surface area contributed by atoms with Gasteiger partial charge in [-0.05, 0) is 30.3 Å². The lowest BCUT2D eigenvalue weighted by atomic mass is 10.2. The second-order valence-corrected chi connectivity index (χ2v) is 5.75. The number of nitrogens with zero attached hydrogens (tertiary/aromatic N) is 3. The Morgan fingerprint density at radius 2 is 1.76 bits per heavy atom. The number of non-ortho nitro benzene ring substituents is 1. The monoisotopic (exact) mass is 399 g/mol. The van der Waals surface area contributed by atoms with Gasteiger partial charge in [0, 0.05) is 36.3 Å². The fourth-order valence-corrected chi connectivity index (χ4v) is 2.32. The Labute approximate surface area is 162 Å². The van der Waals surface area contributed by atoms with Gasteiger partial charge >= 0.3 is 11.8 Å². The first-order valence-electron chi connectivity index (χ1n) is 8.34. The van der Waals surface area contributed by atoms with E-state index < -0.39 is 22.6 Å². The second-order valence-electron chi connectivity index (χ2n) is 5.75. The van der Waals surface area contributed by atoms with Crippen LogP contribution < -0.4 is 10.6 Å². The number of nitrogens with one attached hydrogen (secondary N) is 2. The van der Waals surface area contributed by atoms with E-state index in [1.54, 1.807) is 0 Å². The second kappa shape index (κ2) is 8.69. The molecule has 0 spiro atoms. The third-order valence-corrected chi connectivity index (χ3v) is 3.74. The Kier molecular flexibility index (Phi) is 5.88. The average molecular weight is 399 g/mol. The van der Waals surface area contributed by atoms with Crippen molar-refractivity contribution in [2.45, 2.75) is 0 Å². The minimum absolute atomic E-state index is 0.0633. The molecule has 10 nitrogen and oxygen atoms in total. The number of hydrogen-bond donors (Lipinski definition) is 2. The summed E-state index contributed by atoms with van der Waals surface area (Å²) < 4.78 is 17.8. The van der Waals surface area contributed by atoms with Gasteiger partial charge in [-0.3, -0.25) is 19.7 Å². The molecule has 0 aliphatic rings. The highest BCUT2D eigenvalue weighted by atomic mass is 19.1. The Morgan fingerprint density at radius 1 is 1.07 bits per heavy atom. The zero-order chi connectivity index (χ0) is 20.8. The van der Waals surface area contributed by atoms with Gasteiger partial charge < -0.3 is 15.2 Å².